The maximum absolute atomic E-state index is 6.27. The van der Waals surface area contributed by atoms with Crippen LogP contribution in [0.3, 0.4) is 0 Å². The van der Waals surface area contributed by atoms with Gasteiger partial charge in [-0.25, -0.2) is 10.0 Å². The van der Waals surface area contributed by atoms with E-state index in [9.17, 15) is 0 Å². The first-order chi connectivity index (χ1) is 13.6. The lowest BCUT2D eigenvalue weighted by Gasteiger charge is -2.43. The van der Waals surface area contributed by atoms with Gasteiger partial charge >= 0.3 is 0 Å². The van der Waals surface area contributed by atoms with Gasteiger partial charge in [0.1, 0.15) is 0 Å². The summed E-state index contributed by atoms with van der Waals surface area (Å²) in [7, 11) is 0. The fourth-order valence-electron chi connectivity index (χ4n) is 4.14. The Morgan fingerprint density at radius 1 is 0.800 bits per heavy atom. The van der Waals surface area contributed by atoms with Gasteiger partial charge in [-0.15, -0.1) is 24.8 Å². The zero-order valence-electron chi connectivity index (χ0n) is 17.8. The number of benzene rings is 2. The van der Waals surface area contributed by atoms with Crippen LogP contribution < -0.4 is 0 Å². The van der Waals surface area contributed by atoms with E-state index < -0.39 is 0 Å². The molecule has 3 nitrogen and oxygen atoms in total. The molecule has 1 heterocycles. The molecule has 168 valence electrons. The van der Waals surface area contributed by atoms with Crippen molar-refractivity contribution < 1.29 is 0 Å². The average Bonchev–Trinajstić information content (AvgIpc) is 2.72. The molecule has 0 aliphatic carbocycles. The smallest absolute Gasteiger partial charge is 0.0595 e. The second-order valence-electron chi connectivity index (χ2n) is 7.42. The summed E-state index contributed by atoms with van der Waals surface area (Å²) < 4.78 is 0. The molecule has 0 spiro atoms. The third-order valence-corrected chi connectivity index (χ3v) is 6.45. The number of piperazine rings is 1. The minimum absolute atomic E-state index is 0. The van der Waals surface area contributed by atoms with Gasteiger partial charge in [0.25, 0.3) is 0 Å². The van der Waals surface area contributed by atoms with Gasteiger partial charge in [-0.1, -0.05) is 73.4 Å². The van der Waals surface area contributed by atoms with Gasteiger partial charge in [-0.05, 0) is 36.1 Å². The third kappa shape index (κ3) is 7.56. The molecule has 0 aromatic heterocycles. The maximum atomic E-state index is 6.27. The van der Waals surface area contributed by atoms with E-state index in [2.05, 4.69) is 65.2 Å². The summed E-state index contributed by atoms with van der Waals surface area (Å²) >= 11 is 12.4. The first-order valence-electron chi connectivity index (χ1n) is 10.3. The number of nitrogens with zero attached hydrogens (tertiary/aromatic N) is 3. The highest BCUT2D eigenvalue weighted by atomic mass is 35.5. The van der Waals surface area contributed by atoms with Crippen molar-refractivity contribution >= 4 is 48.0 Å². The number of rotatable bonds is 8. The van der Waals surface area contributed by atoms with Crippen molar-refractivity contribution in [3.8, 4) is 0 Å². The molecule has 1 saturated heterocycles. The summed E-state index contributed by atoms with van der Waals surface area (Å²) in [5, 5.41) is 6.22. The van der Waals surface area contributed by atoms with E-state index in [1.807, 2.05) is 12.1 Å². The van der Waals surface area contributed by atoms with Crippen LogP contribution in [-0.2, 0) is 12.8 Å². The van der Waals surface area contributed by atoms with Crippen LogP contribution in [0.4, 0.5) is 0 Å². The van der Waals surface area contributed by atoms with Crippen LogP contribution >= 0.6 is 48.0 Å². The summed E-state index contributed by atoms with van der Waals surface area (Å²) in [5.41, 5.74) is 2.64. The van der Waals surface area contributed by atoms with Crippen LogP contribution in [0.5, 0.6) is 0 Å². The SMILES string of the molecule is CCN(CC)N1CCN(C(Cc2ccccc2)Cc2ccc(Cl)c(Cl)c2)CC1.Cl.Cl. The molecule has 0 amide bonds. The summed E-state index contributed by atoms with van der Waals surface area (Å²) in [6, 6.07) is 17.3. The van der Waals surface area contributed by atoms with Crippen LogP contribution in [0, 0.1) is 0 Å². The standard InChI is InChI=1S/C23H31Cl2N3.2ClH/c1-3-27(4-2)28-14-12-26(13-15-28)21(16-19-8-6-5-7-9-19)17-20-10-11-22(24)23(25)18-20;;/h5-11,18,21H,3-4,12-17H2,1-2H3;2*1H. The fourth-order valence-corrected chi connectivity index (χ4v) is 4.46. The first kappa shape index (κ1) is 27.5. The van der Waals surface area contributed by atoms with Crippen molar-refractivity contribution in [2.75, 3.05) is 39.3 Å². The zero-order valence-corrected chi connectivity index (χ0v) is 20.9. The molecule has 1 fully saturated rings. The third-order valence-electron chi connectivity index (χ3n) is 5.71. The predicted octanol–water partition coefficient (Wildman–Crippen LogP) is 5.87. The Balaban J connectivity index is 0.00000225. The Morgan fingerprint density at radius 3 is 1.97 bits per heavy atom. The van der Waals surface area contributed by atoms with E-state index in [1.54, 1.807) is 0 Å². The molecule has 3 rings (SSSR count). The molecule has 0 N–H and O–H groups in total. The maximum Gasteiger partial charge on any atom is 0.0595 e. The summed E-state index contributed by atoms with van der Waals surface area (Å²) in [6.07, 6.45) is 2.03. The van der Waals surface area contributed by atoms with Crippen molar-refractivity contribution in [2.45, 2.75) is 32.7 Å². The van der Waals surface area contributed by atoms with E-state index in [0.29, 0.717) is 16.1 Å². The molecule has 7 heteroatoms. The second-order valence-corrected chi connectivity index (χ2v) is 8.24. The van der Waals surface area contributed by atoms with Crippen molar-refractivity contribution in [1.82, 2.24) is 14.9 Å². The van der Waals surface area contributed by atoms with Gasteiger partial charge in [0.05, 0.1) is 10.0 Å². The average molecular weight is 493 g/mol. The Kier molecular flexibility index (Phi) is 12.7. The van der Waals surface area contributed by atoms with Crippen LogP contribution in [0.15, 0.2) is 48.5 Å². The highest BCUT2D eigenvalue weighted by Crippen LogP contribution is 2.25. The van der Waals surface area contributed by atoms with Crippen molar-refractivity contribution in [1.29, 1.82) is 0 Å². The quantitative estimate of drug-likeness (QED) is 0.456. The molecular formula is C23H33Cl4N3. The Labute approximate surface area is 204 Å². The number of halogens is 4. The van der Waals surface area contributed by atoms with E-state index in [-0.39, 0.29) is 24.8 Å². The van der Waals surface area contributed by atoms with Crippen LogP contribution in [0.2, 0.25) is 10.0 Å². The van der Waals surface area contributed by atoms with E-state index in [4.69, 9.17) is 23.2 Å². The van der Waals surface area contributed by atoms with Crippen LogP contribution in [0.25, 0.3) is 0 Å². The molecule has 1 unspecified atom stereocenters. The molecule has 0 bridgehead atoms. The molecule has 0 saturated carbocycles. The predicted molar refractivity (Wildman–Crippen MR) is 135 cm³/mol. The molecule has 1 aliphatic rings. The van der Waals surface area contributed by atoms with E-state index >= 15 is 0 Å². The number of hydrogen-bond acceptors (Lipinski definition) is 3. The Bertz CT molecular complexity index is 732. The Morgan fingerprint density at radius 2 is 1.40 bits per heavy atom. The normalized spacial score (nSPS) is 16.0. The summed E-state index contributed by atoms with van der Waals surface area (Å²) in [5.74, 6) is 0. The largest absolute Gasteiger partial charge is 0.297 e. The molecule has 30 heavy (non-hydrogen) atoms. The molecule has 2 aromatic rings. The molecular weight excluding hydrogens is 460 g/mol. The van der Waals surface area contributed by atoms with Gasteiger partial charge in [-0.2, -0.15) is 0 Å². The van der Waals surface area contributed by atoms with Gasteiger partial charge < -0.3 is 0 Å². The lowest BCUT2D eigenvalue weighted by molar-refractivity contribution is -0.0577. The molecule has 1 atom stereocenters. The van der Waals surface area contributed by atoms with Crippen molar-refractivity contribution in [3.63, 3.8) is 0 Å². The van der Waals surface area contributed by atoms with E-state index in [1.165, 1.54) is 11.1 Å². The zero-order chi connectivity index (χ0) is 19.9. The van der Waals surface area contributed by atoms with Gasteiger partial charge in [0.15, 0.2) is 0 Å². The fraction of sp³-hybridized carbons (Fsp3) is 0.478. The molecule has 0 radical (unpaired) electrons. The highest BCUT2D eigenvalue weighted by molar-refractivity contribution is 6.42. The van der Waals surface area contributed by atoms with Crippen molar-refractivity contribution in [3.05, 3.63) is 69.7 Å². The van der Waals surface area contributed by atoms with Gasteiger partial charge in [0.2, 0.25) is 0 Å². The number of hydrazine groups is 1. The van der Waals surface area contributed by atoms with Crippen molar-refractivity contribution in [2.24, 2.45) is 0 Å². The van der Waals surface area contributed by atoms with Crippen LogP contribution in [-0.4, -0.2) is 60.2 Å². The molecule has 2 aromatic carbocycles. The summed E-state index contributed by atoms with van der Waals surface area (Å²) in [4.78, 5) is 2.65. The lowest BCUT2D eigenvalue weighted by Crippen LogP contribution is -2.56. The van der Waals surface area contributed by atoms with Crippen LogP contribution in [0.1, 0.15) is 25.0 Å². The summed E-state index contributed by atoms with van der Waals surface area (Å²) in [6.45, 7) is 11.0. The van der Waals surface area contributed by atoms with E-state index in [0.717, 1.165) is 52.1 Å². The van der Waals surface area contributed by atoms with Gasteiger partial charge in [0, 0.05) is 45.3 Å². The second kappa shape index (κ2) is 13.8. The van der Waals surface area contributed by atoms with Gasteiger partial charge in [-0.3, -0.25) is 4.90 Å². The first-order valence-corrected chi connectivity index (χ1v) is 11.1. The Hall–Kier alpha value is -0.520. The molecule has 1 aliphatic heterocycles. The minimum Gasteiger partial charge on any atom is -0.297 e. The highest BCUT2D eigenvalue weighted by Gasteiger charge is 2.26. The lowest BCUT2D eigenvalue weighted by atomic mass is 9.97. The number of hydrogen-bond donors (Lipinski definition) is 0. The minimum atomic E-state index is 0. The topological polar surface area (TPSA) is 9.72 Å². The monoisotopic (exact) mass is 491 g/mol.